The lowest BCUT2D eigenvalue weighted by atomic mass is 10.3. The minimum absolute atomic E-state index is 0.0577. The van der Waals surface area contributed by atoms with Gasteiger partial charge < -0.3 is 5.32 Å². The molecule has 0 saturated carbocycles. The van der Waals surface area contributed by atoms with Crippen LogP contribution in [0.2, 0.25) is 5.02 Å². The van der Waals surface area contributed by atoms with Gasteiger partial charge in [-0.3, -0.25) is 9.59 Å². The minimum Gasteiger partial charge on any atom is -0.319 e. The number of aromatic nitrogens is 3. The van der Waals surface area contributed by atoms with Crippen molar-refractivity contribution < 1.29 is 18.4 Å². The van der Waals surface area contributed by atoms with Crippen molar-refractivity contribution in [2.45, 2.75) is 6.92 Å². The molecular weight excluding hydrogens is 294 g/mol. The summed E-state index contributed by atoms with van der Waals surface area (Å²) < 4.78 is 26.2. The molecule has 0 radical (unpaired) electrons. The number of nitrogens with one attached hydrogen (secondary N) is 1. The summed E-state index contributed by atoms with van der Waals surface area (Å²) >= 11 is 5.71. The van der Waals surface area contributed by atoms with E-state index in [1.807, 2.05) is 0 Å². The quantitative estimate of drug-likeness (QED) is 0.921. The first-order valence-electron chi connectivity index (χ1n) is 5.28. The Hall–Kier alpha value is -2.35. The average molecular weight is 301 g/mol. The molecule has 1 aromatic carbocycles. The van der Waals surface area contributed by atoms with Gasteiger partial charge >= 0.3 is 0 Å². The topological polar surface area (TPSA) is 76.9 Å². The van der Waals surface area contributed by atoms with E-state index >= 15 is 0 Å². The Balaban J connectivity index is 2.26. The van der Waals surface area contributed by atoms with E-state index in [2.05, 4.69) is 15.5 Å². The van der Waals surface area contributed by atoms with Crippen LogP contribution < -0.4 is 5.32 Å². The van der Waals surface area contributed by atoms with E-state index < -0.39 is 29.3 Å². The first-order valence-corrected chi connectivity index (χ1v) is 5.66. The number of carbonyl (C=O) groups excluding carboxylic acids is 2. The van der Waals surface area contributed by atoms with Crippen LogP contribution in [-0.4, -0.2) is 26.8 Å². The lowest BCUT2D eigenvalue weighted by Crippen LogP contribution is -2.16. The maximum Gasteiger partial charge on any atom is 0.281 e. The summed E-state index contributed by atoms with van der Waals surface area (Å²) in [4.78, 5) is 23.2. The first-order chi connectivity index (χ1) is 9.38. The zero-order valence-corrected chi connectivity index (χ0v) is 10.8. The summed E-state index contributed by atoms with van der Waals surface area (Å²) in [5.41, 5.74) is -0.588. The SMILES string of the molecule is CC(=O)n1nc(F)c(C(=O)Nc2ccc(F)cc2Cl)n1. The van der Waals surface area contributed by atoms with Gasteiger partial charge in [0.15, 0.2) is 0 Å². The molecule has 0 bridgehead atoms. The van der Waals surface area contributed by atoms with Crippen LogP contribution in [0.3, 0.4) is 0 Å². The smallest absolute Gasteiger partial charge is 0.281 e. The Bertz CT molecular complexity index is 702. The number of rotatable bonds is 2. The molecule has 20 heavy (non-hydrogen) atoms. The largest absolute Gasteiger partial charge is 0.319 e. The van der Waals surface area contributed by atoms with Gasteiger partial charge in [-0.15, -0.1) is 15.0 Å². The first kappa shape index (κ1) is 14.1. The third-order valence-corrected chi connectivity index (χ3v) is 2.56. The van der Waals surface area contributed by atoms with Crippen molar-refractivity contribution in [3.63, 3.8) is 0 Å². The van der Waals surface area contributed by atoms with Crippen molar-refractivity contribution in [1.82, 2.24) is 15.0 Å². The van der Waals surface area contributed by atoms with Crippen LogP contribution in [-0.2, 0) is 0 Å². The van der Waals surface area contributed by atoms with Crippen molar-refractivity contribution in [1.29, 1.82) is 0 Å². The molecule has 0 atom stereocenters. The Labute approximate surface area is 116 Å². The molecule has 0 fully saturated rings. The van der Waals surface area contributed by atoms with Crippen LogP contribution in [0.5, 0.6) is 0 Å². The number of amides is 1. The van der Waals surface area contributed by atoms with Crippen LogP contribution in [0.1, 0.15) is 22.2 Å². The van der Waals surface area contributed by atoms with Gasteiger partial charge in [0.2, 0.25) is 5.69 Å². The van der Waals surface area contributed by atoms with E-state index in [9.17, 15) is 18.4 Å². The number of hydrogen-bond donors (Lipinski definition) is 1. The number of nitrogens with zero attached hydrogens (tertiary/aromatic N) is 3. The summed E-state index contributed by atoms with van der Waals surface area (Å²) in [5, 5.41) is 8.73. The molecule has 2 aromatic rings. The van der Waals surface area contributed by atoms with E-state index in [4.69, 9.17) is 11.6 Å². The Morgan fingerprint density at radius 2 is 2.00 bits per heavy atom. The lowest BCUT2D eigenvalue weighted by Gasteiger charge is -2.05. The predicted molar refractivity (Wildman–Crippen MR) is 65.6 cm³/mol. The third kappa shape index (κ3) is 2.80. The number of benzene rings is 1. The Kier molecular flexibility index (Phi) is 3.75. The molecule has 1 N–H and O–H groups in total. The molecular formula is C11H7ClF2N4O2. The fourth-order valence-electron chi connectivity index (χ4n) is 1.34. The number of halogens is 3. The summed E-state index contributed by atoms with van der Waals surface area (Å²) in [6.07, 6.45) is 0. The molecule has 0 aliphatic rings. The van der Waals surface area contributed by atoms with Crippen molar-refractivity contribution in [2.24, 2.45) is 0 Å². The van der Waals surface area contributed by atoms with Crippen molar-refractivity contribution in [2.75, 3.05) is 5.32 Å². The summed E-state index contributed by atoms with van der Waals surface area (Å²) in [5.74, 6) is -3.39. The molecule has 2 rings (SSSR count). The fourth-order valence-corrected chi connectivity index (χ4v) is 1.56. The highest BCUT2D eigenvalue weighted by Crippen LogP contribution is 2.22. The molecule has 0 unspecified atom stereocenters. The Morgan fingerprint density at radius 3 is 2.55 bits per heavy atom. The van der Waals surface area contributed by atoms with Crippen LogP contribution >= 0.6 is 11.6 Å². The second kappa shape index (κ2) is 5.33. The molecule has 1 amide bonds. The fraction of sp³-hybridized carbons (Fsp3) is 0.0909. The monoisotopic (exact) mass is 300 g/mol. The molecule has 1 aromatic heterocycles. The van der Waals surface area contributed by atoms with E-state index in [1.54, 1.807) is 0 Å². The summed E-state index contributed by atoms with van der Waals surface area (Å²) in [7, 11) is 0. The third-order valence-electron chi connectivity index (χ3n) is 2.25. The highest BCUT2D eigenvalue weighted by molar-refractivity contribution is 6.33. The van der Waals surface area contributed by atoms with Crippen molar-refractivity contribution in [3.05, 3.63) is 40.7 Å². The predicted octanol–water partition coefficient (Wildman–Crippen LogP) is 2.12. The van der Waals surface area contributed by atoms with Crippen LogP contribution in [0, 0.1) is 11.8 Å². The second-order valence-electron chi connectivity index (χ2n) is 3.73. The number of anilines is 1. The van der Waals surface area contributed by atoms with Crippen LogP contribution in [0.25, 0.3) is 0 Å². The van der Waals surface area contributed by atoms with E-state index in [1.165, 1.54) is 6.07 Å². The van der Waals surface area contributed by atoms with Gasteiger partial charge in [-0.25, -0.2) is 4.39 Å². The van der Waals surface area contributed by atoms with E-state index in [0.29, 0.717) is 4.80 Å². The standard InChI is InChI=1S/C11H7ClF2N4O2/c1-5(19)18-16-9(10(14)17-18)11(20)15-8-3-2-6(13)4-7(8)12/h2-4H,1H3,(H,15,20). The Morgan fingerprint density at radius 1 is 1.30 bits per heavy atom. The van der Waals surface area contributed by atoms with Gasteiger partial charge in [-0.05, 0) is 18.2 Å². The molecule has 1 heterocycles. The molecule has 0 spiro atoms. The molecule has 0 aliphatic heterocycles. The normalized spacial score (nSPS) is 10.4. The maximum atomic E-state index is 13.4. The van der Waals surface area contributed by atoms with Gasteiger partial charge in [0.25, 0.3) is 17.8 Å². The van der Waals surface area contributed by atoms with Gasteiger partial charge in [0, 0.05) is 6.92 Å². The lowest BCUT2D eigenvalue weighted by molar-refractivity contribution is 0.0900. The molecule has 9 heteroatoms. The highest BCUT2D eigenvalue weighted by Gasteiger charge is 2.21. The van der Waals surface area contributed by atoms with E-state index in [0.717, 1.165) is 19.1 Å². The van der Waals surface area contributed by atoms with Gasteiger partial charge in [-0.1, -0.05) is 11.6 Å². The number of hydrogen-bond acceptors (Lipinski definition) is 4. The summed E-state index contributed by atoms with van der Waals surface area (Å²) in [6, 6.07) is 3.27. The zero-order chi connectivity index (χ0) is 14.9. The number of carbonyl (C=O) groups is 2. The molecule has 6 nitrogen and oxygen atoms in total. The second-order valence-corrected chi connectivity index (χ2v) is 4.13. The van der Waals surface area contributed by atoms with Crippen LogP contribution in [0.4, 0.5) is 14.5 Å². The highest BCUT2D eigenvalue weighted by atomic mass is 35.5. The van der Waals surface area contributed by atoms with Gasteiger partial charge in [0.1, 0.15) is 5.82 Å². The van der Waals surface area contributed by atoms with Gasteiger partial charge in [-0.2, -0.15) is 4.39 Å². The van der Waals surface area contributed by atoms with Crippen molar-refractivity contribution >= 4 is 29.1 Å². The van der Waals surface area contributed by atoms with Gasteiger partial charge in [0.05, 0.1) is 10.7 Å². The minimum atomic E-state index is -1.20. The van der Waals surface area contributed by atoms with Crippen molar-refractivity contribution in [3.8, 4) is 0 Å². The average Bonchev–Trinajstić information content (AvgIpc) is 2.75. The molecule has 104 valence electrons. The molecule has 0 saturated heterocycles. The zero-order valence-electron chi connectivity index (χ0n) is 10.0. The van der Waals surface area contributed by atoms with E-state index in [-0.39, 0.29) is 10.7 Å². The van der Waals surface area contributed by atoms with Crippen LogP contribution in [0.15, 0.2) is 18.2 Å². The summed E-state index contributed by atoms with van der Waals surface area (Å²) in [6.45, 7) is 1.11. The molecule has 0 aliphatic carbocycles. The maximum absolute atomic E-state index is 13.4.